The molecule has 1 N–H and O–H groups in total. The van der Waals surface area contributed by atoms with Crippen LogP contribution in [0.5, 0.6) is 0 Å². The lowest BCUT2D eigenvalue weighted by Crippen LogP contribution is -2.42. The minimum Gasteiger partial charge on any atom is -0.390 e. The number of fused-ring (bicyclic) bond motifs is 1. The third-order valence-corrected chi connectivity index (χ3v) is 4.31. The molecule has 0 aromatic carbocycles. The maximum Gasteiger partial charge on any atom is 0.0681 e. The summed E-state index contributed by atoms with van der Waals surface area (Å²) < 4.78 is 0. The second kappa shape index (κ2) is 1.82. The maximum absolute atomic E-state index is 10.2. The Balaban J connectivity index is 1.97. The predicted molar refractivity (Wildman–Crippen MR) is 43.1 cm³/mol. The summed E-state index contributed by atoms with van der Waals surface area (Å²) in [5, 5.41) is 10.2. The van der Waals surface area contributed by atoms with E-state index in [1.54, 1.807) is 0 Å². The summed E-state index contributed by atoms with van der Waals surface area (Å²) in [6.07, 6.45) is 7.71. The number of hydrogen-bond donors (Lipinski definition) is 1. The molecule has 0 aromatic rings. The van der Waals surface area contributed by atoms with Crippen LogP contribution in [0.2, 0.25) is 0 Å². The summed E-state index contributed by atoms with van der Waals surface area (Å²) in [6.45, 7) is 0. The van der Waals surface area contributed by atoms with Crippen molar-refractivity contribution < 1.29 is 5.11 Å². The van der Waals surface area contributed by atoms with Crippen molar-refractivity contribution >= 4 is 0 Å². The number of hydrogen-bond acceptors (Lipinski definition) is 1. The normalized spacial score (nSPS) is 60.3. The predicted octanol–water partition coefficient (Wildman–Crippen LogP) is 1.95. The van der Waals surface area contributed by atoms with E-state index < -0.39 is 0 Å². The Kier molecular flexibility index (Phi) is 1.07. The van der Waals surface area contributed by atoms with Crippen LogP contribution in [-0.2, 0) is 0 Å². The zero-order valence-corrected chi connectivity index (χ0v) is 6.92. The molecule has 1 heteroatoms. The van der Waals surface area contributed by atoms with Gasteiger partial charge in [0, 0.05) is 0 Å². The van der Waals surface area contributed by atoms with E-state index in [1.807, 2.05) is 0 Å². The third kappa shape index (κ3) is 0.703. The van der Waals surface area contributed by atoms with Gasteiger partial charge >= 0.3 is 0 Å². The molecule has 3 aliphatic carbocycles. The molecule has 3 aliphatic rings. The van der Waals surface area contributed by atoms with E-state index in [9.17, 15) is 5.11 Å². The fraction of sp³-hybridized carbons (Fsp3) is 1.00. The SMILES string of the molecule is O[C@]12CCC[C@H]3C[C@@H](C[C@H]31)C2. The Morgan fingerprint density at radius 1 is 1.27 bits per heavy atom. The van der Waals surface area contributed by atoms with Gasteiger partial charge in [-0.1, -0.05) is 6.42 Å². The van der Waals surface area contributed by atoms with Crippen molar-refractivity contribution in [3.63, 3.8) is 0 Å². The van der Waals surface area contributed by atoms with Gasteiger partial charge in [0.25, 0.3) is 0 Å². The summed E-state index contributed by atoms with van der Waals surface area (Å²) >= 11 is 0. The van der Waals surface area contributed by atoms with Crippen molar-refractivity contribution in [2.75, 3.05) is 0 Å². The van der Waals surface area contributed by atoms with Gasteiger partial charge < -0.3 is 5.11 Å². The van der Waals surface area contributed by atoms with Gasteiger partial charge in [0.1, 0.15) is 0 Å². The van der Waals surface area contributed by atoms with E-state index in [2.05, 4.69) is 0 Å². The first kappa shape index (κ1) is 6.47. The molecule has 4 atom stereocenters. The van der Waals surface area contributed by atoms with Crippen molar-refractivity contribution in [3.05, 3.63) is 0 Å². The molecule has 0 radical (unpaired) electrons. The molecule has 0 unspecified atom stereocenters. The van der Waals surface area contributed by atoms with Gasteiger partial charge in [0.05, 0.1) is 5.60 Å². The molecule has 62 valence electrons. The summed E-state index contributed by atoms with van der Waals surface area (Å²) in [6, 6.07) is 0. The summed E-state index contributed by atoms with van der Waals surface area (Å²) in [5.74, 6) is 2.52. The lowest BCUT2D eigenvalue weighted by molar-refractivity contribution is -0.0666. The molecule has 3 rings (SSSR count). The smallest absolute Gasteiger partial charge is 0.0681 e. The molecule has 0 heterocycles. The Bertz CT molecular complexity index is 189. The van der Waals surface area contributed by atoms with Gasteiger partial charge in [0.15, 0.2) is 0 Å². The Morgan fingerprint density at radius 2 is 2.18 bits per heavy atom. The van der Waals surface area contributed by atoms with Crippen LogP contribution in [-0.4, -0.2) is 10.7 Å². The van der Waals surface area contributed by atoms with Gasteiger partial charge in [-0.15, -0.1) is 0 Å². The van der Waals surface area contributed by atoms with Crippen LogP contribution in [0, 0.1) is 17.8 Å². The van der Waals surface area contributed by atoms with Gasteiger partial charge in [0.2, 0.25) is 0 Å². The van der Waals surface area contributed by atoms with Crippen LogP contribution in [0.1, 0.15) is 38.5 Å². The van der Waals surface area contributed by atoms with Crippen LogP contribution in [0.15, 0.2) is 0 Å². The van der Waals surface area contributed by atoms with E-state index in [0.29, 0.717) is 5.92 Å². The van der Waals surface area contributed by atoms with Crippen molar-refractivity contribution in [3.8, 4) is 0 Å². The minimum absolute atomic E-state index is 0.189. The fourth-order valence-electron chi connectivity index (χ4n) is 3.99. The zero-order chi connectivity index (χ0) is 7.47. The maximum atomic E-state index is 10.2. The van der Waals surface area contributed by atoms with Gasteiger partial charge in [-0.05, 0) is 49.9 Å². The summed E-state index contributed by atoms with van der Waals surface area (Å²) in [5.41, 5.74) is -0.189. The monoisotopic (exact) mass is 152 g/mol. The van der Waals surface area contributed by atoms with Gasteiger partial charge in [-0.3, -0.25) is 0 Å². The highest BCUT2D eigenvalue weighted by atomic mass is 16.3. The highest BCUT2D eigenvalue weighted by Crippen LogP contribution is 2.59. The molecule has 0 saturated heterocycles. The highest BCUT2D eigenvalue weighted by Gasteiger charge is 2.55. The Hall–Kier alpha value is -0.0400. The molecule has 0 aromatic heterocycles. The van der Waals surface area contributed by atoms with Crippen LogP contribution in [0.4, 0.5) is 0 Å². The standard InChI is InChI=1S/C10H16O/c11-10-3-1-2-8-4-7(6-10)5-9(8)10/h7-9,11H,1-6H2/t7-,8-,9+,10-/m0/s1. The zero-order valence-electron chi connectivity index (χ0n) is 6.92. The van der Waals surface area contributed by atoms with Crippen molar-refractivity contribution in [2.45, 2.75) is 44.1 Å². The molecular weight excluding hydrogens is 136 g/mol. The van der Waals surface area contributed by atoms with Crippen LogP contribution >= 0.6 is 0 Å². The second-order valence-corrected chi connectivity index (χ2v) is 4.90. The van der Waals surface area contributed by atoms with E-state index in [-0.39, 0.29) is 5.60 Å². The minimum atomic E-state index is -0.189. The molecule has 0 aliphatic heterocycles. The van der Waals surface area contributed by atoms with Crippen molar-refractivity contribution in [1.29, 1.82) is 0 Å². The lowest BCUT2D eigenvalue weighted by Gasteiger charge is -2.42. The second-order valence-electron chi connectivity index (χ2n) is 4.90. The molecule has 1 nitrogen and oxygen atoms in total. The average molecular weight is 152 g/mol. The average Bonchev–Trinajstić information content (AvgIpc) is 2.40. The fourth-order valence-corrected chi connectivity index (χ4v) is 3.99. The van der Waals surface area contributed by atoms with E-state index in [0.717, 1.165) is 24.7 Å². The Morgan fingerprint density at radius 3 is 2.82 bits per heavy atom. The lowest BCUT2D eigenvalue weighted by atomic mass is 9.68. The van der Waals surface area contributed by atoms with Crippen molar-refractivity contribution in [1.82, 2.24) is 0 Å². The first-order valence-electron chi connectivity index (χ1n) is 5.00. The van der Waals surface area contributed by atoms with E-state index in [4.69, 9.17) is 0 Å². The van der Waals surface area contributed by atoms with Gasteiger partial charge in [-0.25, -0.2) is 0 Å². The molecule has 2 bridgehead atoms. The van der Waals surface area contributed by atoms with Crippen molar-refractivity contribution in [2.24, 2.45) is 17.8 Å². The van der Waals surface area contributed by atoms with E-state index >= 15 is 0 Å². The molecule has 3 saturated carbocycles. The molecule has 3 fully saturated rings. The van der Waals surface area contributed by atoms with Crippen LogP contribution in [0.25, 0.3) is 0 Å². The van der Waals surface area contributed by atoms with Crippen LogP contribution in [0.3, 0.4) is 0 Å². The molecule has 11 heavy (non-hydrogen) atoms. The highest BCUT2D eigenvalue weighted by molar-refractivity contribution is 5.07. The summed E-state index contributed by atoms with van der Waals surface area (Å²) in [7, 11) is 0. The van der Waals surface area contributed by atoms with E-state index in [1.165, 1.54) is 25.7 Å². The quantitative estimate of drug-likeness (QED) is 0.562. The molecular formula is C10H16O. The molecule has 0 spiro atoms. The third-order valence-electron chi connectivity index (χ3n) is 4.31. The van der Waals surface area contributed by atoms with Crippen LogP contribution < -0.4 is 0 Å². The number of aliphatic hydroxyl groups is 1. The largest absolute Gasteiger partial charge is 0.390 e. The Labute approximate surface area is 67.8 Å². The van der Waals surface area contributed by atoms with Gasteiger partial charge in [-0.2, -0.15) is 0 Å². The molecule has 0 amide bonds. The summed E-state index contributed by atoms with van der Waals surface area (Å²) in [4.78, 5) is 0. The first-order chi connectivity index (χ1) is 5.28. The number of rotatable bonds is 0. The first-order valence-corrected chi connectivity index (χ1v) is 5.00. The topological polar surface area (TPSA) is 20.2 Å².